The highest BCUT2D eigenvalue weighted by Gasteiger charge is 1.92. The molecule has 0 aliphatic carbocycles. The quantitative estimate of drug-likeness (QED) is 0.537. The maximum absolute atomic E-state index is 3.17. The largest absolute Gasteiger partial charge is 0.144 e. The fourth-order valence-corrected chi connectivity index (χ4v) is 1.87. The van der Waals surface area contributed by atoms with Crippen LogP contribution in [0.3, 0.4) is 0 Å². The van der Waals surface area contributed by atoms with E-state index in [-0.39, 0.29) is 0 Å². The Morgan fingerprint density at radius 3 is 3.30 bits per heavy atom. The van der Waals surface area contributed by atoms with Crippen molar-refractivity contribution in [1.29, 1.82) is 0 Å². The minimum absolute atomic E-state index is 1.22. The van der Waals surface area contributed by atoms with Crippen molar-refractivity contribution in [3.63, 3.8) is 0 Å². The summed E-state index contributed by atoms with van der Waals surface area (Å²) in [6.45, 7) is 2.07. The number of aryl methyl sites for hydroxylation is 1. The normalized spacial score (nSPS) is 10.5. The Labute approximate surface area is 64.1 Å². The highest BCUT2D eigenvalue weighted by Crippen LogP contribution is 2.20. The Balaban J connectivity index is 2.86. The van der Waals surface area contributed by atoms with Crippen LogP contribution in [-0.4, -0.2) is 0 Å². The highest BCUT2D eigenvalue weighted by molar-refractivity contribution is 7.17. The van der Waals surface area contributed by atoms with Crippen molar-refractivity contribution in [1.82, 2.24) is 0 Å². The van der Waals surface area contributed by atoms with Gasteiger partial charge in [-0.25, -0.2) is 0 Å². The van der Waals surface area contributed by atoms with E-state index in [1.54, 1.807) is 11.3 Å². The molecule has 0 nitrogen and oxygen atoms in total. The van der Waals surface area contributed by atoms with Gasteiger partial charge in [0.2, 0.25) is 0 Å². The van der Waals surface area contributed by atoms with E-state index < -0.39 is 0 Å². The summed E-state index contributed by atoms with van der Waals surface area (Å²) in [5.74, 6) is 0. The fourth-order valence-electron chi connectivity index (χ4n) is 0.997. The van der Waals surface area contributed by atoms with Crippen molar-refractivity contribution in [2.24, 2.45) is 0 Å². The van der Waals surface area contributed by atoms with Gasteiger partial charge in [-0.2, -0.15) is 0 Å². The Morgan fingerprint density at radius 1 is 1.50 bits per heavy atom. The molecule has 0 saturated carbocycles. The summed E-state index contributed by atoms with van der Waals surface area (Å²) >= 11 is 1.78. The Bertz CT molecular complexity index is 346. The molecule has 0 aliphatic rings. The van der Waals surface area contributed by atoms with Crippen LogP contribution in [0.5, 0.6) is 0 Å². The average molecular weight is 147 g/mol. The van der Waals surface area contributed by atoms with Crippen molar-refractivity contribution in [2.45, 2.75) is 6.92 Å². The first-order valence-corrected chi connectivity index (χ1v) is 4.10. The van der Waals surface area contributed by atoms with E-state index >= 15 is 0 Å². The van der Waals surface area contributed by atoms with Gasteiger partial charge < -0.3 is 0 Å². The van der Waals surface area contributed by atoms with E-state index in [0.717, 1.165) is 0 Å². The molecule has 0 amide bonds. The zero-order valence-corrected chi connectivity index (χ0v) is 6.53. The van der Waals surface area contributed by atoms with Gasteiger partial charge in [0.1, 0.15) is 0 Å². The van der Waals surface area contributed by atoms with Crippen LogP contribution in [0.15, 0.2) is 23.6 Å². The maximum Gasteiger partial charge on any atom is 0.0345 e. The average Bonchev–Trinajstić information content (AvgIpc) is 2.33. The van der Waals surface area contributed by atoms with E-state index in [1.807, 2.05) is 6.07 Å². The standard InChI is InChI=1S/C9H7S/c1-7-2-3-8-4-5-10-9(8)6-7/h3-6H,1H3. The second kappa shape index (κ2) is 2.10. The molecule has 2 rings (SSSR count). The summed E-state index contributed by atoms with van der Waals surface area (Å²) in [7, 11) is 0. The lowest BCUT2D eigenvalue weighted by molar-refractivity contribution is 1.50. The van der Waals surface area contributed by atoms with Gasteiger partial charge in [-0.05, 0) is 47.5 Å². The molecule has 0 spiro atoms. The lowest BCUT2D eigenvalue weighted by Crippen LogP contribution is -1.67. The predicted octanol–water partition coefficient (Wildman–Crippen LogP) is 3.01. The fraction of sp³-hybridized carbons (Fsp3) is 0.111. The molecule has 0 atom stereocenters. The van der Waals surface area contributed by atoms with Crippen LogP contribution < -0.4 is 0 Å². The third kappa shape index (κ3) is 0.830. The number of hydrogen-bond acceptors (Lipinski definition) is 1. The summed E-state index contributed by atoms with van der Waals surface area (Å²) in [6.07, 6.45) is 0. The van der Waals surface area contributed by atoms with Crippen LogP contribution in [-0.2, 0) is 0 Å². The molecule has 0 fully saturated rings. The van der Waals surface area contributed by atoms with Crippen molar-refractivity contribution in [3.8, 4) is 0 Å². The molecule has 0 bridgehead atoms. The minimum atomic E-state index is 1.22. The third-order valence-electron chi connectivity index (χ3n) is 1.53. The molecule has 0 unspecified atom stereocenters. The first-order chi connectivity index (χ1) is 4.86. The van der Waals surface area contributed by atoms with Gasteiger partial charge in [-0.1, -0.05) is 0 Å². The van der Waals surface area contributed by atoms with Crippen LogP contribution >= 0.6 is 11.3 Å². The van der Waals surface area contributed by atoms with Gasteiger partial charge in [0.25, 0.3) is 0 Å². The van der Waals surface area contributed by atoms with Crippen molar-refractivity contribution in [3.05, 3.63) is 35.2 Å². The lowest BCUT2D eigenvalue weighted by Gasteiger charge is -1.89. The molecule has 0 aliphatic heterocycles. The minimum Gasteiger partial charge on any atom is -0.144 e. The summed E-state index contributed by atoms with van der Waals surface area (Å²) in [4.78, 5) is 0. The van der Waals surface area contributed by atoms with Crippen LogP contribution in [0.1, 0.15) is 5.56 Å². The SMILES string of the molecule is Cc1[c]cc2ccsc2c1. The summed E-state index contributed by atoms with van der Waals surface area (Å²) in [5.41, 5.74) is 1.22. The number of thiophene rings is 1. The molecule has 1 aromatic heterocycles. The Hall–Kier alpha value is -0.820. The zero-order valence-electron chi connectivity index (χ0n) is 5.72. The molecule has 1 aromatic carbocycles. The van der Waals surface area contributed by atoms with Crippen LogP contribution in [0.2, 0.25) is 0 Å². The molecular weight excluding hydrogens is 140 g/mol. The van der Waals surface area contributed by atoms with E-state index in [2.05, 4.69) is 30.5 Å². The lowest BCUT2D eigenvalue weighted by atomic mass is 10.2. The first-order valence-electron chi connectivity index (χ1n) is 3.22. The van der Waals surface area contributed by atoms with Crippen LogP contribution in [0, 0.1) is 13.0 Å². The predicted molar refractivity (Wildman–Crippen MR) is 45.4 cm³/mol. The second-order valence-corrected chi connectivity index (χ2v) is 3.30. The Kier molecular flexibility index (Phi) is 1.24. The van der Waals surface area contributed by atoms with E-state index in [0.29, 0.717) is 0 Å². The zero-order chi connectivity index (χ0) is 6.97. The molecule has 49 valence electrons. The molecular formula is C9H7S. The number of rotatable bonds is 0. The van der Waals surface area contributed by atoms with Gasteiger partial charge in [0.05, 0.1) is 0 Å². The molecule has 0 N–H and O–H groups in total. The van der Waals surface area contributed by atoms with Crippen molar-refractivity contribution < 1.29 is 0 Å². The Morgan fingerprint density at radius 2 is 2.40 bits per heavy atom. The molecule has 0 saturated heterocycles. The van der Waals surface area contributed by atoms with E-state index in [1.165, 1.54) is 15.6 Å². The molecule has 1 heteroatoms. The first kappa shape index (κ1) is 5.93. The molecule has 2 aromatic rings. The topological polar surface area (TPSA) is 0 Å². The van der Waals surface area contributed by atoms with E-state index in [9.17, 15) is 0 Å². The number of benzene rings is 1. The highest BCUT2D eigenvalue weighted by atomic mass is 32.1. The van der Waals surface area contributed by atoms with Gasteiger partial charge in [-0.3, -0.25) is 0 Å². The summed E-state index contributed by atoms with van der Waals surface area (Å²) in [6, 6.07) is 9.50. The van der Waals surface area contributed by atoms with Crippen LogP contribution in [0.25, 0.3) is 10.1 Å². The maximum atomic E-state index is 3.17. The summed E-state index contributed by atoms with van der Waals surface area (Å²) in [5, 5.41) is 3.41. The molecule has 10 heavy (non-hydrogen) atoms. The van der Waals surface area contributed by atoms with Crippen molar-refractivity contribution >= 4 is 21.4 Å². The van der Waals surface area contributed by atoms with Crippen molar-refractivity contribution in [2.75, 3.05) is 0 Å². The monoisotopic (exact) mass is 147 g/mol. The number of hydrogen-bond donors (Lipinski definition) is 0. The van der Waals surface area contributed by atoms with E-state index in [4.69, 9.17) is 0 Å². The van der Waals surface area contributed by atoms with Crippen LogP contribution in [0.4, 0.5) is 0 Å². The van der Waals surface area contributed by atoms with Gasteiger partial charge in [0, 0.05) is 4.70 Å². The number of fused-ring (bicyclic) bond motifs is 1. The smallest absolute Gasteiger partial charge is 0.0345 e. The molecule has 1 heterocycles. The van der Waals surface area contributed by atoms with Gasteiger partial charge in [0.15, 0.2) is 0 Å². The third-order valence-corrected chi connectivity index (χ3v) is 2.41. The van der Waals surface area contributed by atoms with Gasteiger partial charge in [-0.15, -0.1) is 11.3 Å². The second-order valence-electron chi connectivity index (χ2n) is 2.36. The molecule has 1 radical (unpaired) electrons. The van der Waals surface area contributed by atoms with Gasteiger partial charge >= 0.3 is 0 Å². The summed E-state index contributed by atoms with van der Waals surface area (Å²) < 4.78 is 1.36.